The maximum absolute atomic E-state index is 15.0. The van der Waals surface area contributed by atoms with Gasteiger partial charge in [0.15, 0.2) is 22.8 Å². The number of hydrogen-bond acceptors (Lipinski definition) is 5. The van der Waals surface area contributed by atoms with Crippen molar-refractivity contribution < 1.29 is 24.2 Å². The monoisotopic (exact) mass is 518 g/mol. The molecule has 1 aromatic carbocycles. The Labute approximate surface area is 227 Å². The van der Waals surface area contributed by atoms with E-state index in [2.05, 4.69) is 6.08 Å². The van der Waals surface area contributed by atoms with Gasteiger partial charge in [-0.05, 0) is 72.1 Å². The summed E-state index contributed by atoms with van der Waals surface area (Å²) in [5.41, 5.74) is -2.16. The van der Waals surface area contributed by atoms with Gasteiger partial charge in [0.1, 0.15) is 11.9 Å². The predicted octanol–water partition coefficient (Wildman–Crippen LogP) is 6.57. The van der Waals surface area contributed by atoms with E-state index in [4.69, 9.17) is 4.74 Å². The highest BCUT2D eigenvalue weighted by Gasteiger charge is 2.76. The minimum absolute atomic E-state index is 0.129. The summed E-state index contributed by atoms with van der Waals surface area (Å²) in [7, 11) is 0. The number of carbonyl (C=O) groups excluding carboxylic acids is 3. The van der Waals surface area contributed by atoms with Crippen molar-refractivity contribution in [2.24, 2.45) is 22.2 Å². The van der Waals surface area contributed by atoms with Crippen LogP contribution in [0.15, 0.2) is 65.0 Å². The van der Waals surface area contributed by atoms with Gasteiger partial charge in [-0.3, -0.25) is 14.4 Å². The largest absolute Gasteiger partial charge is 0.489 e. The first-order chi connectivity index (χ1) is 17.6. The molecule has 204 valence electrons. The Kier molecular flexibility index (Phi) is 7.01. The molecular formula is C33H42O5. The second-order valence-electron chi connectivity index (χ2n) is 13.1. The smallest absolute Gasteiger partial charge is 0.184 e. The lowest BCUT2D eigenvalue weighted by molar-refractivity contribution is -0.165. The number of fused-ring (bicyclic) bond motifs is 3. The molecule has 0 aromatic heterocycles. The minimum Gasteiger partial charge on any atom is -0.489 e. The van der Waals surface area contributed by atoms with E-state index in [0.717, 1.165) is 11.1 Å². The summed E-state index contributed by atoms with van der Waals surface area (Å²) in [6.45, 7) is 15.2. The summed E-state index contributed by atoms with van der Waals surface area (Å²) < 4.78 is 6.42. The Morgan fingerprint density at radius 2 is 1.66 bits per heavy atom. The number of carbonyl (C=O) groups is 3. The topological polar surface area (TPSA) is 80.7 Å². The number of hydrogen-bond donors (Lipinski definition) is 1. The number of benzene rings is 1. The van der Waals surface area contributed by atoms with Crippen LogP contribution in [0.5, 0.6) is 0 Å². The molecule has 5 nitrogen and oxygen atoms in total. The third-order valence-corrected chi connectivity index (χ3v) is 9.16. The summed E-state index contributed by atoms with van der Waals surface area (Å²) in [6, 6.07) is 8.89. The van der Waals surface area contributed by atoms with Gasteiger partial charge in [-0.1, -0.05) is 67.5 Å². The predicted molar refractivity (Wildman–Crippen MR) is 148 cm³/mol. The van der Waals surface area contributed by atoms with Crippen molar-refractivity contribution in [3.63, 3.8) is 0 Å². The van der Waals surface area contributed by atoms with Crippen molar-refractivity contribution >= 4 is 17.3 Å². The normalized spacial score (nSPS) is 29.9. The third kappa shape index (κ3) is 4.05. The molecule has 38 heavy (non-hydrogen) atoms. The molecule has 0 saturated heterocycles. The first-order valence-electron chi connectivity index (χ1n) is 13.7. The number of ether oxygens (including phenoxy) is 1. The summed E-state index contributed by atoms with van der Waals surface area (Å²) in [5.74, 6) is -0.872. The SMILES string of the molecule is CC(C)=CC[C@H]1C[C@]2(CC=C(C)C)C(=O)C3=C(O[C@@H](C(C)(C)O)C3)[C@@](C(=O)c3ccccc3)(C2=O)C1(C)C. The summed E-state index contributed by atoms with van der Waals surface area (Å²) in [4.78, 5) is 44.2. The maximum atomic E-state index is 15.0. The molecule has 2 bridgehead atoms. The van der Waals surface area contributed by atoms with Crippen molar-refractivity contribution in [1.29, 1.82) is 0 Å². The van der Waals surface area contributed by atoms with Crippen LogP contribution in [0.3, 0.4) is 0 Å². The number of aliphatic hydroxyl groups is 1. The van der Waals surface area contributed by atoms with Gasteiger partial charge in [-0.2, -0.15) is 0 Å². The summed E-state index contributed by atoms with van der Waals surface area (Å²) in [5, 5.41) is 10.9. The first kappa shape index (κ1) is 28.2. The lowest BCUT2D eigenvalue weighted by Gasteiger charge is -2.59. The van der Waals surface area contributed by atoms with E-state index in [0.29, 0.717) is 24.0 Å². The van der Waals surface area contributed by atoms with E-state index in [9.17, 15) is 14.7 Å². The van der Waals surface area contributed by atoms with Crippen molar-refractivity contribution in [1.82, 2.24) is 0 Å². The zero-order valence-corrected chi connectivity index (χ0v) is 24.1. The fourth-order valence-electron chi connectivity index (χ4n) is 6.75. The van der Waals surface area contributed by atoms with Gasteiger partial charge in [0.2, 0.25) is 0 Å². The van der Waals surface area contributed by atoms with E-state index >= 15 is 4.79 Å². The Balaban J connectivity index is 2.08. The van der Waals surface area contributed by atoms with Crippen LogP contribution in [-0.4, -0.2) is 34.2 Å². The second kappa shape index (κ2) is 9.44. The van der Waals surface area contributed by atoms with Crippen molar-refractivity contribution in [2.75, 3.05) is 0 Å². The number of rotatable bonds is 7. The van der Waals surface area contributed by atoms with E-state index in [-0.39, 0.29) is 41.9 Å². The standard InChI is InChI=1S/C33H42O5/c1-20(2)14-15-23-19-32(17-16-21(3)4)27(35)24-18-25(31(7,8)37)38-28(24)33(29(32)36,30(23,5)6)26(34)22-12-10-9-11-13-22/h9-14,16,23,25,37H,15,17-19H2,1-8H3/t23-,25+,32+,33-/m0/s1. The van der Waals surface area contributed by atoms with Gasteiger partial charge < -0.3 is 9.84 Å². The fourth-order valence-corrected chi connectivity index (χ4v) is 6.75. The average Bonchev–Trinajstić information content (AvgIpc) is 3.29. The molecule has 1 aliphatic heterocycles. The average molecular weight is 519 g/mol. The molecule has 0 spiro atoms. The number of ketones is 3. The molecule has 1 aromatic rings. The maximum Gasteiger partial charge on any atom is 0.184 e. The van der Waals surface area contributed by atoms with Gasteiger partial charge in [0, 0.05) is 17.6 Å². The Morgan fingerprint density at radius 3 is 2.21 bits per heavy atom. The second-order valence-corrected chi connectivity index (χ2v) is 13.1. The molecule has 2 aliphatic carbocycles. The highest BCUT2D eigenvalue weighted by atomic mass is 16.5. The van der Waals surface area contributed by atoms with Crippen LogP contribution in [0.4, 0.5) is 0 Å². The van der Waals surface area contributed by atoms with Crippen molar-refractivity contribution in [2.45, 2.75) is 92.8 Å². The molecule has 1 saturated carbocycles. The van der Waals surface area contributed by atoms with Gasteiger partial charge in [0.05, 0.1) is 11.0 Å². The fraction of sp³-hybridized carbons (Fsp3) is 0.545. The molecule has 1 heterocycles. The van der Waals surface area contributed by atoms with Crippen LogP contribution >= 0.6 is 0 Å². The molecule has 3 aliphatic rings. The van der Waals surface area contributed by atoms with Gasteiger partial charge >= 0.3 is 0 Å². The van der Waals surface area contributed by atoms with Crippen LogP contribution < -0.4 is 0 Å². The van der Waals surface area contributed by atoms with Crippen LogP contribution in [0.1, 0.15) is 91.4 Å². The summed E-state index contributed by atoms with van der Waals surface area (Å²) >= 11 is 0. The lowest BCUT2D eigenvalue weighted by Crippen LogP contribution is -2.68. The molecule has 1 N–H and O–H groups in total. The van der Waals surface area contributed by atoms with Gasteiger partial charge in [-0.25, -0.2) is 0 Å². The van der Waals surface area contributed by atoms with Crippen molar-refractivity contribution in [3.05, 3.63) is 70.5 Å². The zero-order chi connectivity index (χ0) is 28.3. The third-order valence-electron chi connectivity index (χ3n) is 9.16. The number of Topliss-reactive ketones (excluding diaryl/α,β-unsaturated/α-hetero) is 3. The van der Waals surface area contributed by atoms with E-state index in [1.807, 2.05) is 53.7 Å². The Hall–Kier alpha value is -2.79. The van der Waals surface area contributed by atoms with E-state index < -0.39 is 27.9 Å². The van der Waals surface area contributed by atoms with Gasteiger partial charge in [0.25, 0.3) is 0 Å². The Bertz CT molecular complexity index is 1250. The molecule has 4 atom stereocenters. The molecule has 0 amide bonds. The molecule has 5 heteroatoms. The molecular weight excluding hydrogens is 476 g/mol. The molecule has 4 rings (SSSR count). The van der Waals surface area contributed by atoms with Crippen LogP contribution in [0.25, 0.3) is 0 Å². The van der Waals surface area contributed by atoms with Crippen molar-refractivity contribution in [3.8, 4) is 0 Å². The Morgan fingerprint density at radius 1 is 1.05 bits per heavy atom. The van der Waals surface area contributed by atoms with E-state index in [1.165, 1.54) is 0 Å². The number of allylic oxidation sites excluding steroid dienone is 5. The molecule has 0 radical (unpaired) electrons. The van der Waals surface area contributed by atoms with Gasteiger partial charge in [-0.15, -0.1) is 0 Å². The van der Waals surface area contributed by atoms with E-state index in [1.54, 1.807) is 38.1 Å². The first-order valence-corrected chi connectivity index (χ1v) is 13.7. The minimum atomic E-state index is -1.68. The molecule has 0 unspecified atom stereocenters. The highest BCUT2D eigenvalue weighted by Crippen LogP contribution is 2.68. The quantitative estimate of drug-likeness (QED) is 0.251. The highest BCUT2D eigenvalue weighted by molar-refractivity contribution is 6.30. The lowest BCUT2D eigenvalue weighted by atomic mass is 9.39. The zero-order valence-electron chi connectivity index (χ0n) is 24.1. The molecule has 1 fully saturated rings. The van der Waals surface area contributed by atoms with Crippen LogP contribution in [-0.2, 0) is 14.3 Å². The van der Waals surface area contributed by atoms with Crippen LogP contribution in [0.2, 0.25) is 0 Å². The van der Waals surface area contributed by atoms with Crippen LogP contribution in [0, 0.1) is 22.2 Å². The summed E-state index contributed by atoms with van der Waals surface area (Å²) in [6.07, 6.45) is 4.83.